The van der Waals surface area contributed by atoms with Gasteiger partial charge in [0.25, 0.3) is 0 Å². The van der Waals surface area contributed by atoms with Crippen molar-refractivity contribution in [1.82, 2.24) is 9.88 Å². The zero-order chi connectivity index (χ0) is 14.3. The average molecular weight is 263 g/mol. The Morgan fingerprint density at radius 3 is 2.63 bits per heavy atom. The minimum atomic E-state index is 0.0700. The molecule has 1 unspecified atom stereocenters. The second kappa shape index (κ2) is 7.61. The van der Waals surface area contributed by atoms with Gasteiger partial charge in [0.05, 0.1) is 5.69 Å². The molecule has 108 valence electrons. The molecule has 19 heavy (non-hydrogen) atoms. The predicted octanol–water partition coefficient (Wildman–Crippen LogP) is 3.12. The van der Waals surface area contributed by atoms with Gasteiger partial charge in [-0.3, -0.25) is 9.88 Å². The summed E-state index contributed by atoms with van der Waals surface area (Å²) in [5.74, 6) is 0. The molecule has 1 atom stereocenters. The van der Waals surface area contributed by atoms with Crippen LogP contribution in [0.4, 0.5) is 0 Å². The summed E-state index contributed by atoms with van der Waals surface area (Å²) < 4.78 is 0. The van der Waals surface area contributed by atoms with Gasteiger partial charge < -0.3 is 5.73 Å². The van der Waals surface area contributed by atoms with Crippen LogP contribution in [-0.4, -0.2) is 29.0 Å². The average Bonchev–Trinajstić information content (AvgIpc) is 2.38. The first-order valence-electron chi connectivity index (χ1n) is 7.35. The van der Waals surface area contributed by atoms with Gasteiger partial charge in [0.1, 0.15) is 0 Å². The first-order chi connectivity index (χ1) is 9.01. The van der Waals surface area contributed by atoms with Crippen LogP contribution >= 0.6 is 0 Å². The normalized spacial score (nSPS) is 14.6. The molecule has 1 aromatic rings. The van der Waals surface area contributed by atoms with Crippen molar-refractivity contribution in [3.05, 3.63) is 29.6 Å². The third-order valence-corrected chi connectivity index (χ3v) is 4.03. The number of hydrogen-bond donors (Lipinski definition) is 1. The second-order valence-corrected chi connectivity index (χ2v) is 5.78. The SMILES string of the molecule is CCCCCC(C)(CN)N(C)Cc1cccc(C)n1. The van der Waals surface area contributed by atoms with E-state index >= 15 is 0 Å². The number of likely N-dealkylation sites (N-methyl/N-ethyl adjacent to an activating group) is 1. The van der Waals surface area contributed by atoms with E-state index in [0.717, 1.165) is 24.4 Å². The maximum Gasteiger partial charge on any atom is 0.0547 e. The van der Waals surface area contributed by atoms with Gasteiger partial charge in [0.15, 0.2) is 0 Å². The molecule has 0 bridgehead atoms. The van der Waals surface area contributed by atoms with Crippen LogP contribution in [0.2, 0.25) is 0 Å². The number of hydrogen-bond acceptors (Lipinski definition) is 3. The number of nitrogens with zero attached hydrogens (tertiary/aromatic N) is 2. The third kappa shape index (κ3) is 4.92. The predicted molar refractivity (Wildman–Crippen MR) is 82.0 cm³/mol. The molecule has 0 saturated carbocycles. The molecule has 1 rings (SSSR count). The van der Waals surface area contributed by atoms with E-state index in [2.05, 4.69) is 42.9 Å². The summed E-state index contributed by atoms with van der Waals surface area (Å²) in [5.41, 5.74) is 8.28. The molecule has 0 aliphatic carbocycles. The Hall–Kier alpha value is -0.930. The lowest BCUT2D eigenvalue weighted by atomic mass is 9.92. The van der Waals surface area contributed by atoms with Crippen molar-refractivity contribution in [3.63, 3.8) is 0 Å². The fraction of sp³-hybridized carbons (Fsp3) is 0.688. The lowest BCUT2D eigenvalue weighted by Crippen LogP contribution is -2.49. The van der Waals surface area contributed by atoms with E-state index in [1.54, 1.807) is 0 Å². The second-order valence-electron chi connectivity index (χ2n) is 5.78. The van der Waals surface area contributed by atoms with Gasteiger partial charge in [-0.25, -0.2) is 0 Å². The van der Waals surface area contributed by atoms with Crippen molar-refractivity contribution < 1.29 is 0 Å². The van der Waals surface area contributed by atoms with E-state index in [1.807, 2.05) is 13.0 Å². The van der Waals surface area contributed by atoms with Crippen LogP contribution < -0.4 is 5.73 Å². The van der Waals surface area contributed by atoms with E-state index in [0.29, 0.717) is 6.54 Å². The van der Waals surface area contributed by atoms with Crippen LogP contribution in [-0.2, 0) is 6.54 Å². The number of aromatic nitrogens is 1. The number of pyridine rings is 1. The Bertz CT molecular complexity index is 378. The Labute approximate surface area is 118 Å². The smallest absolute Gasteiger partial charge is 0.0547 e. The van der Waals surface area contributed by atoms with E-state index in [1.165, 1.54) is 19.3 Å². The minimum absolute atomic E-state index is 0.0700. The van der Waals surface area contributed by atoms with E-state index in [-0.39, 0.29) is 5.54 Å². The van der Waals surface area contributed by atoms with Crippen molar-refractivity contribution in [2.24, 2.45) is 5.73 Å². The van der Waals surface area contributed by atoms with E-state index in [9.17, 15) is 0 Å². The van der Waals surface area contributed by atoms with E-state index < -0.39 is 0 Å². The minimum Gasteiger partial charge on any atom is -0.329 e. The number of unbranched alkanes of at least 4 members (excludes halogenated alkanes) is 2. The molecule has 1 heterocycles. The number of aryl methyl sites for hydroxylation is 1. The maximum atomic E-state index is 6.01. The third-order valence-electron chi connectivity index (χ3n) is 4.03. The summed E-state index contributed by atoms with van der Waals surface area (Å²) in [6, 6.07) is 6.20. The maximum absolute atomic E-state index is 6.01. The topological polar surface area (TPSA) is 42.1 Å². The fourth-order valence-corrected chi connectivity index (χ4v) is 2.33. The quantitative estimate of drug-likeness (QED) is 0.733. The molecule has 0 fully saturated rings. The monoisotopic (exact) mass is 263 g/mol. The first-order valence-corrected chi connectivity index (χ1v) is 7.35. The molecule has 3 nitrogen and oxygen atoms in total. The van der Waals surface area contributed by atoms with Gasteiger partial charge in [0.2, 0.25) is 0 Å². The first kappa shape index (κ1) is 16.1. The lowest BCUT2D eigenvalue weighted by molar-refractivity contribution is 0.121. The van der Waals surface area contributed by atoms with Crippen LogP contribution in [0.3, 0.4) is 0 Å². The standard InChI is InChI=1S/C16H29N3/c1-5-6-7-11-16(3,13-17)19(4)12-15-10-8-9-14(2)18-15/h8-10H,5-7,11-13,17H2,1-4H3. The van der Waals surface area contributed by atoms with Gasteiger partial charge in [-0.05, 0) is 39.4 Å². The highest BCUT2D eigenvalue weighted by atomic mass is 15.2. The van der Waals surface area contributed by atoms with Crippen LogP contribution in [0, 0.1) is 6.92 Å². The fourth-order valence-electron chi connectivity index (χ4n) is 2.33. The summed E-state index contributed by atoms with van der Waals surface area (Å²) in [4.78, 5) is 6.93. The van der Waals surface area contributed by atoms with Crippen molar-refractivity contribution >= 4 is 0 Å². The number of rotatable bonds is 8. The summed E-state index contributed by atoms with van der Waals surface area (Å²) in [5, 5.41) is 0. The number of nitrogens with two attached hydrogens (primary N) is 1. The van der Waals surface area contributed by atoms with Crippen LogP contribution in [0.1, 0.15) is 50.9 Å². The van der Waals surface area contributed by atoms with E-state index in [4.69, 9.17) is 5.73 Å². The Kier molecular flexibility index (Phi) is 6.46. The molecule has 3 heteroatoms. The summed E-state index contributed by atoms with van der Waals surface area (Å²) >= 11 is 0. The van der Waals surface area contributed by atoms with Gasteiger partial charge in [-0.2, -0.15) is 0 Å². The largest absolute Gasteiger partial charge is 0.329 e. The summed E-state index contributed by atoms with van der Waals surface area (Å²) in [7, 11) is 2.16. The highest BCUT2D eigenvalue weighted by Gasteiger charge is 2.27. The highest BCUT2D eigenvalue weighted by Crippen LogP contribution is 2.22. The van der Waals surface area contributed by atoms with Crippen LogP contribution in [0.15, 0.2) is 18.2 Å². The van der Waals surface area contributed by atoms with Crippen LogP contribution in [0.5, 0.6) is 0 Å². The molecule has 0 amide bonds. The molecule has 0 spiro atoms. The molecule has 0 radical (unpaired) electrons. The molecule has 0 aromatic carbocycles. The van der Waals surface area contributed by atoms with Crippen molar-refractivity contribution in [2.45, 2.75) is 58.5 Å². The zero-order valence-corrected chi connectivity index (χ0v) is 12.9. The Morgan fingerprint density at radius 1 is 1.32 bits per heavy atom. The zero-order valence-electron chi connectivity index (χ0n) is 12.9. The molecule has 0 aliphatic heterocycles. The highest BCUT2D eigenvalue weighted by molar-refractivity contribution is 5.10. The Morgan fingerprint density at radius 2 is 2.05 bits per heavy atom. The molecular weight excluding hydrogens is 234 g/mol. The summed E-state index contributed by atoms with van der Waals surface area (Å²) in [6.45, 7) is 8.09. The van der Waals surface area contributed by atoms with Crippen molar-refractivity contribution in [3.8, 4) is 0 Å². The van der Waals surface area contributed by atoms with Gasteiger partial charge in [-0.1, -0.05) is 32.3 Å². The molecule has 2 N–H and O–H groups in total. The molecule has 1 aromatic heterocycles. The lowest BCUT2D eigenvalue weighted by Gasteiger charge is -2.38. The van der Waals surface area contributed by atoms with Crippen LogP contribution in [0.25, 0.3) is 0 Å². The van der Waals surface area contributed by atoms with Gasteiger partial charge in [-0.15, -0.1) is 0 Å². The van der Waals surface area contributed by atoms with Gasteiger partial charge >= 0.3 is 0 Å². The summed E-state index contributed by atoms with van der Waals surface area (Å²) in [6.07, 6.45) is 4.94. The van der Waals surface area contributed by atoms with Gasteiger partial charge in [0, 0.05) is 24.3 Å². The molecular formula is C16H29N3. The van der Waals surface area contributed by atoms with Crippen molar-refractivity contribution in [2.75, 3.05) is 13.6 Å². The Balaban J connectivity index is 2.64. The molecule has 0 aliphatic rings. The van der Waals surface area contributed by atoms with Crippen molar-refractivity contribution in [1.29, 1.82) is 0 Å². The molecule has 0 saturated heterocycles.